The van der Waals surface area contributed by atoms with E-state index in [-0.39, 0.29) is 41.8 Å². The maximum Gasteiger partial charge on any atom is 0.225 e. The number of hydrogen-bond acceptors (Lipinski definition) is 4. The molecule has 0 aliphatic carbocycles. The molecule has 1 amide bonds. The van der Waals surface area contributed by atoms with Gasteiger partial charge in [0.05, 0.1) is 11.7 Å². The minimum Gasteiger partial charge on any atom is -0.352 e. The van der Waals surface area contributed by atoms with E-state index in [4.69, 9.17) is 0 Å². The maximum absolute atomic E-state index is 11.5. The van der Waals surface area contributed by atoms with Crippen molar-refractivity contribution in [2.24, 2.45) is 5.92 Å². The van der Waals surface area contributed by atoms with Gasteiger partial charge in [0.2, 0.25) is 5.91 Å². The molecule has 96 valence electrons. The molecular formula is C9H19ClN2O3S. The van der Waals surface area contributed by atoms with E-state index in [0.717, 1.165) is 0 Å². The molecule has 16 heavy (non-hydrogen) atoms. The molecule has 1 aliphatic rings. The Labute approximate surface area is 103 Å². The topological polar surface area (TPSA) is 75.3 Å². The van der Waals surface area contributed by atoms with E-state index in [9.17, 15) is 13.2 Å². The van der Waals surface area contributed by atoms with Crippen molar-refractivity contribution in [2.45, 2.75) is 19.9 Å². The van der Waals surface area contributed by atoms with Crippen molar-refractivity contribution in [3.8, 4) is 0 Å². The summed E-state index contributed by atoms with van der Waals surface area (Å²) in [6.07, 6.45) is 0. The normalized spacial score (nSPS) is 18.1. The van der Waals surface area contributed by atoms with Crippen LogP contribution in [0.2, 0.25) is 0 Å². The van der Waals surface area contributed by atoms with Crippen molar-refractivity contribution in [1.82, 2.24) is 10.6 Å². The molecular weight excluding hydrogens is 252 g/mol. The first kappa shape index (κ1) is 15.7. The van der Waals surface area contributed by atoms with Gasteiger partial charge in [0.25, 0.3) is 0 Å². The van der Waals surface area contributed by atoms with Gasteiger partial charge in [0.1, 0.15) is 0 Å². The second-order valence-electron chi connectivity index (χ2n) is 3.96. The number of rotatable bonds is 5. The van der Waals surface area contributed by atoms with E-state index in [2.05, 4.69) is 10.6 Å². The van der Waals surface area contributed by atoms with Crippen molar-refractivity contribution >= 4 is 28.2 Å². The van der Waals surface area contributed by atoms with Gasteiger partial charge in [-0.2, -0.15) is 0 Å². The summed E-state index contributed by atoms with van der Waals surface area (Å²) in [5.41, 5.74) is 0. The molecule has 0 bridgehead atoms. The van der Waals surface area contributed by atoms with Crippen LogP contribution in [0.3, 0.4) is 0 Å². The van der Waals surface area contributed by atoms with Gasteiger partial charge in [-0.05, 0) is 6.92 Å². The number of halogens is 1. The number of carbonyl (C=O) groups excluding carboxylic acids is 1. The van der Waals surface area contributed by atoms with E-state index in [0.29, 0.717) is 13.1 Å². The maximum atomic E-state index is 11.5. The average molecular weight is 271 g/mol. The van der Waals surface area contributed by atoms with Crippen molar-refractivity contribution < 1.29 is 13.2 Å². The number of amides is 1. The van der Waals surface area contributed by atoms with Gasteiger partial charge in [-0.3, -0.25) is 4.79 Å². The fraction of sp³-hybridized carbons (Fsp3) is 0.889. The first-order valence-corrected chi connectivity index (χ1v) is 6.98. The molecule has 0 aromatic rings. The van der Waals surface area contributed by atoms with Gasteiger partial charge >= 0.3 is 0 Å². The molecule has 0 aromatic heterocycles. The Morgan fingerprint density at radius 1 is 1.50 bits per heavy atom. The minimum atomic E-state index is -3.01. The summed E-state index contributed by atoms with van der Waals surface area (Å²) in [7, 11) is -3.01. The van der Waals surface area contributed by atoms with Gasteiger partial charge in [-0.15, -0.1) is 12.4 Å². The Hall–Kier alpha value is -0.330. The van der Waals surface area contributed by atoms with Crippen molar-refractivity contribution in [3.63, 3.8) is 0 Å². The van der Waals surface area contributed by atoms with Crippen LogP contribution in [0.5, 0.6) is 0 Å². The highest BCUT2D eigenvalue weighted by atomic mass is 35.5. The highest BCUT2D eigenvalue weighted by molar-refractivity contribution is 7.91. The summed E-state index contributed by atoms with van der Waals surface area (Å²) >= 11 is 0. The molecule has 1 rings (SSSR count). The first-order chi connectivity index (χ1) is 6.94. The lowest BCUT2D eigenvalue weighted by Crippen LogP contribution is -2.53. The van der Waals surface area contributed by atoms with Gasteiger partial charge in [-0.25, -0.2) is 8.42 Å². The second-order valence-corrected chi connectivity index (χ2v) is 6.36. The van der Waals surface area contributed by atoms with E-state index in [1.165, 1.54) is 0 Å². The lowest BCUT2D eigenvalue weighted by molar-refractivity contribution is -0.126. The third kappa shape index (κ3) is 4.67. The fourth-order valence-electron chi connectivity index (χ4n) is 1.38. The molecule has 0 saturated carbocycles. The quantitative estimate of drug-likeness (QED) is 0.711. The monoisotopic (exact) mass is 270 g/mol. The molecule has 1 unspecified atom stereocenters. The van der Waals surface area contributed by atoms with Gasteiger partial charge in [0, 0.05) is 24.9 Å². The fourth-order valence-corrected chi connectivity index (χ4v) is 2.46. The van der Waals surface area contributed by atoms with E-state index < -0.39 is 9.84 Å². The Kier molecular flexibility index (Phi) is 6.28. The van der Waals surface area contributed by atoms with Crippen LogP contribution in [0.4, 0.5) is 0 Å². The van der Waals surface area contributed by atoms with Crippen LogP contribution in [-0.2, 0) is 14.6 Å². The summed E-state index contributed by atoms with van der Waals surface area (Å²) < 4.78 is 22.6. The standard InChI is InChI=1S/C9H18N2O3S.ClH/c1-3-15(13,14)6-7(2)11-9(12)8-4-10-5-8;/h7-8,10H,3-6H2,1-2H3,(H,11,12);1H. The summed E-state index contributed by atoms with van der Waals surface area (Å²) in [6, 6.07) is -0.303. The lowest BCUT2D eigenvalue weighted by atomic mass is 10.0. The third-order valence-corrected chi connectivity index (χ3v) is 4.37. The predicted molar refractivity (Wildman–Crippen MR) is 65.5 cm³/mol. The third-order valence-electron chi connectivity index (χ3n) is 2.48. The Bertz CT molecular complexity index is 328. The van der Waals surface area contributed by atoms with Crippen LogP contribution >= 0.6 is 12.4 Å². The van der Waals surface area contributed by atoms with E-state index in [1.807, 2.05) is 0 Å². The van der Waals surface area contributed by atoms with Gasteiger partial charge in [-0.1, -0.05) is 6.92 Å². The zero-order chi connectivity index (χ0) is 11.5. The lowest BCUT2D eigenvalue weighted by Gasteiger charge is -2.27. The Morgan fingerprint density at radius 2 is 2.06 bits per heavy atom. The number of hydrogen-bond donors (Lipinski definition) is 2. The van der Waals surface area contributed by atoms with Crippen molar-refractivity contribution in [3.05, 3.63) is 0 Å². The molecule has 1 heterocycles. The highest BCUT2D eigenvalue weighted by Crippen LogP contribution is 2.03. The number of sulfone groups is 1. The van der Waals surface area contributed by atoms with Crippen LogP contribution in [0.25, 0.3) is 0 Å². The zero-order valence-corrected chi connectivity index (χ0v) is 11.2. The molecule has 1 atom stereocenters. The van der Waals surface area contributed by atoms with Crippen LogP contribution < -0.4 is 10.6 Å². The molecule has 0 aromatic carbocycles. The average Bonchev–Trinajstić information content (AvgIpc) is 1.99. The summed E-state index contributed by atoms with van der Waals surface area (Å²) in [5, 5.41) is 5.71. The van der Waals surface area contributed by atoms with Gasteiger partial charge < -0.3 is 10.6 Å². The van der Waals surface area contributed by atoms with E-state index in [1.54, 1.807) is 13.8 Å². The van der Waals surface area contributed by atoms with Crippen LogP contribution in [0, 0.1) is 5.92 Å². The number of carbonyl (C=O) groups is 1. The smallest absolute Gasteiger partial charge is 0.225 e. The summed E-state index contributed by atoms with van der Waals surface area (Å²) in [5.74, 6) is 0.109. The number of nitrogens with one attached hydrogen (secondary N) is 2. The summed E-state index contributed by atoms with van der Waals surface area (Å²) in [6.45, 7) is 4.72. The molecule has 0 radical (unpaired) electrons. The van der Waals surface area contributed by atoms with Crippen LogP contribution in [0.15, 0.2) is 0 Å². The van der Waals surface area contributed by atoms with Crippen LogP contribution in [0.1, 0.15) is 13.8 Å². The van der Waals surface area contributed by atoms with Crippen molar-refractivity contribution in [2.75, 3.05) is 24.6 Å². The molecule has 1 fully saturated rings. The predicted octanol–water partition coefficient (Wildman–Crippen LogP) is -0.433. The SMILES string of the molecule is CCS(=O)(=O)CC(C)NC(=O)C1CNC1.Cl. The molecule has 0 spiro atoms. The molecule has 5 nitrogen and oxygen atoms in total. The molecule has 1 aliphatic heterocycles. The molecule has 7 heteroatoms. The Morgan fingerprint density at radius 3 is 2.44 bits per heavy atom. The minimum absolute atomic E-state index is 0. The molecule has 2 N–H and O–H groups in total. The largest absolute Gasteiger partial charge is 0.352 e. The highest BCUT2D eigenvalue weighted by Gasteiger charge is 2.26. The second kappa shape index (κ2) is 6.42. The first-order valence-electron chi connectivity index (χ1n) is 5.16. The summed E-state index contributed by atoms with van der Waals surface area (Å²) in [4.78, 5) is 11.5. The molecule has 1 saturated heterocycles. The van der Waals surface area contributed by atoms with E-state index >= 15 is 0 Å². The zero-order valence-electron chi connectivity index (χ0n) is 9.52. The van der Waals surface area contributed by atoms with Crippen LogP contribution in [-0.4, -0.2) is 45.0 Å². The van der Waals surface area contributed by atoms with Gasteiger partial charge in [0.15, 0.2) is 9.84 Å². The Balaban J connectivity index is 0.00000225. The van der Waals surface area contributed by atoms with Crippen molar-refractivity contribution in [1.29, 1.82) is 0 Å².